The topological polar surface area (TPSA) is 38.0 Å². The van der Waals surface area contributed by atoms with E-state index >= 15 is 0 Å². The van der Waals surface area contributed by atoms with Crippen LogP contribution in [0, 0.1) is 5.41 Å². The van der Waals surface area contributed by atoms with Crippen LogP contribution >= 0.6 is 0 Å². The summed E-state index contributed by atoms with van der Waals surface area (Å²) in [5, 5.41) is 0. The lowest BCUT2D eigenvalue weighted by molar-refractivity contribution is 0.372. The fourth-order valence-corrected chi connectivity index (χ4v) is 2.26. The van der Waals surface area contributed by atoms with Gasteiger partial charge in [0.2, 0.25) is 0 Å². The number of benzene rings is 1. The standard InChI is InChI=1S/C14H22N2/c1-10(2)11-4-6-12(7-5-11)13(16-15)14(3)8-9-14/h4-7,10,13,16H,8-9,15H2,1-3H3. The van der Waals surface area contributed by atoms with Crippen LogP contribution in [0.15, 0.2) is 24.3 Å². The maximum absolute atomic E-state index is 5.68. The van der Waals surface area contributed by atoms with Gasteiger partial charge in [-0.1, -0.05) is 45.0 Å². The molecule has 1 aromatic rings. The molecule has 0 aromatic heterocycles. The van der Waals surface area contributed by atoms with Gasteiger partial charge in [-0.3, -0.25) is 11.3 Å². The summed E-state index contributed by atoms with van der Waals surface area (Å²) in [6, 6.07) is 9.16. The van der Waals surface area contributed by atoms with E-state index in [0.717, 1.165) is 0 Å². The summed E-state index contributed by atoms with van der Waals surface area (Å²) in [7, 11) is 0. The van der Waals surface area contributed by atoms with Gasteiger partial charge in [0.25, 0.3) is 0 Å². The van der Waals surface area contributed by atoms with Gasteiger partial charge in [-0.25, -0.2) is 0 Å². The lowest BCUT2D eigenvalue weighted by Gasteiger charge is -2.23. The Labute approximate surface area is 98.2 Å². The summed E-state index contributed by atoms with van der Waals surface area (Å²) < 4.78 is 0. The molecule has 1 aliphatic rings. The fourth-order valence-electron chi connectivity index (χ4n) is 2.26. The molecule has 2 heteroatoms. The normalized spacial score (nSPS) is 19.8. The summed E-state index contributed by atoms with van der Waals surface area (Å²) in [6.07, 6.45) is 2.54. The fraction of sp³-hybridized carbons (Fsp3) is 0.571. The molecule has 0 radical (unpaired) electrons. The molecule has 3 N–H and O–H groups in total. The highest BCUT2D eigenvalue weighted by molar-refractivity contribution is 5.29. The van der Waals surface area contributed by atoms with Gasteiger partial charge in [-0.05, 0) is 35.3 Å². The number of hydrogen-bond acceptors (Lipinski definition) is 2. The average molecular weight is 218 g/mol. The molecule has 1 saturated carbocycles. The zero-order valence-electron chi connectivity index (χ0n) is 10.5. The Balaban J connectivity index is 2.20. The summed E-state index contributed by atoms with van der Waals surface area (Å²) in [4.78, 5) is 0. The monoisotopic (exact) mass is 218 g/mol. The van der Waals surface area contributed by atoms with Crippen molar-refractivity contribution in [3.63, 3.8) is 0 Å². The SMILES string of the molecule is CC(C)c1ccc(C(NN)C2(C)CC2)cc1. The van der Waals surface area contributed by atoms with Crippen LogP contribution in [0.4, 0.5) is 0 Å². The number of hydrazine groups is 1. The lowest BCUT2D eigenvalue weighted by Crippen LogP contribution is -2.33. The van der Waals surface area contributed by atoms with Gasteiger partial charge in [0, 0.05) is 0 Å². The van der Waals surface area contributed by atoms with Crippen molar-refractivity contribution in [3.8, 4) is 0 Å². The van der Waals surface area contributed by atoms with Crippen molar-refractivity contribution in [1.82, 2.24) is 5.43 Å². The highest BCUT2D eigenvalue weighted by Crippen LogP contribution is 2.54. The molecule has 88 valence electrons. The molecule has 0 heterocycles. The largest absolute Gasteiger partial charge is 0.271 e. The minimum atomic E-state index is 0.300. The van der Waals surface area contributed by atoms with E-state index in [1.165, 1.54) is 24.0 Å². The summed E-state index contributed by atoms with van der Waals surface area (Å²) >= 11 is 0. The van der Waals surface area contributed by atoms with E-state index in [4.69, 9.17) is 5.84 Å². The first-order chi connectivity index (χ1) is 7.57. The average Bonchev–Trinajstić information content (AvgIpc) is 2.99. The van der Waals surface area contributed by atoms with E-state index in [-0.39, 0.29) is 0 Å². The summed E-state index contributed by atoms with van der Waals surface area (Å²) in [5.41, 5.74) is 6.04. The second-order valence-electron chi connectivity index (χ2n) is 5.58. The Hall–Kier alpha value is -0.860. The van der Waals surface area contributed by atoms with Crippen molar-refractivity contribution >= 4 is 0 Å². The van der Waals surface area contributed by atoms with Crippen LogP contribution < -0.4 is 11.3 Å². The smallest absolute Gasteiger partial charge is 0.0513 e. The van der Waals surface area contributed by atoms with Crippen LogP contribution in [0.2, 0.25) is 0 Å². The molecule has 1 atom stereocenters. The molecule has 1 unspecified atom stereocenters. The zero-order chi connectivity index (χ0) is 11.8. The predicted molar refractivity (Wildman–Crippen MR) is 67.9 cm³/mol. The molecule has 2 rings (SSSR count). The van der Waals surface area contributed by atoms with Crippen LogP contribution in [0.25, 0.3) is 0 Å². The van der Waals surface area contributed by atoms with Crippen LogP contribution in [-0.4, -0.2) is 0 Å². The van der Waals surface area contributed by atoms with Gasteiger partial charge in [-0.15, -0.1) is 0 Å². The van der Waals surface area contributed by atoms with Crippen molar-refractivity contribution in [2.45, 2.75) is 45.6 Å². The molecule has 16 heavy (non-hydrogen) atoms. The highest BCUT2D eigenvalue weighted by atomic mass is 15.2. The third-order valence-electron chi connectivity index (χ3n) is 3.84. The Kier molecular flexibility index (Phi) is 3.04. The van der Waals surface area contributed by atoms with Gasteiger partial charge in [-0.2, -0.15) is 0 Å². The number of nitrogens with two attached hydrogens (primary N) is 1. The molecular formula is C14H22N2. The molecule has 1 aromatic carbocycles. The maximum Gasteiger partial charge on any atom is 0.0513 e. The van der Waals surface area contributed by atoms with Gasteiger partial charge in [0.05, 0.1) is 6.04 Å². The number of nitrogens with one attached hydrogen (secondary N) is 1. The number of hydrogen-bond donors (Lipinski definition) is 2. The lowest BCUT2D eigenvalue weighted by atomic mass is 9.91. The first-order valence-corrected chi connectivity index (χ1v) is 6.13. The Bertz CT molecular complexity index is 350. The molecule has 0 saturated heterocycles. The molecule has 0 spiro atoms. The second-order valence-corrected chi connectivity index (χ2v) is 5.58. The second kappa shape index (κ2) is 4.19. The maximum atomic E-state index is 5.68. The predicted octanol–water partition coefficient (Wildman–Crippen LogP) is 3.11. The van der Waals surface area contributed by atoms with Gasteiger partial charge < -0.3 is 0 Å². The first-order valence-electron chi connectivity index (χ1n) is 6.13. The third-order valence-corrected chi connectivity index (χ3v) is 3.84. The van der Waals surface area contributed by atoms with E-state index in [0.29, 0.717) is 17.4 Å². The first kappa shape index (κ1) is 11.6. The van der Waals surface area contributed by atoms with Crippen LogP contribution in [0.3, 0.4) is 0 Å². The van der Waals surface area contributed by atoms with Crippen LogP contribution in [-0.2, 0) is 0 Å². The van der Waals surface area contributed by atoms with Crippen molar-refractivity contribution in [3.05, 3.63) is 35.4 Å². The molecule has 0 bridgehead atoms. The van der Waals surface area contributed by atoms with E-state index in [9.17, 15) is 0 Å². The summed E-state index contributed by atoms with van der Waals surface area (Å²) in [6.45, 7) is 6.74. The minimum absolute atomic E-state index is 0.300. The molecule has 0 amide bonds. The highest BCUT2D eigenvalue weighted by Gasteiger charge is 2.45. The van der Waals surface area contributed by atoms with Gasteiger partial charge in [0.15, 0.2) is 0 Å². The van der Waals surface area contributed by atoms with E-state index in [1.807, 2.05) is 0 Å². The molecule has 1 fully saturated rings. The van der Waals surface area contributed by atoms with Crippen LogP contribution in [0.1, 0.15) is 56.7 Å². The van der Waals surface area contributed by atoms with Crippen molar-refractivity contribution in [1.29, 1.82) is 0 Å². The molecule has 2 nitrogen and oxygen atoms in total. The van der Waals surface area contributed by atoms with E-state index < -0.39 is 0 Å². The molecular weight excluding hydrogens is 196 g/mol. The van der Waals surface area contributed by atoms with E-state index in [2.05, 4.69) is 50.5 Å². The Morgan fingerprint density at radius 1 is 1.12 bits per heavy atom. The Morgan fingerprint density at radius 2 is 1.62 bits per heavy atom. The zero-order valence-corrected chi connectivity index (χ0v) is 10.5. The van der Waals surface area contributed by atoms with Crippen LogP contribution in [0.5, 0.6) is 0 Å². The van der Waals surface area contributed by atoms with Gasteiger partial charge in [0.1, 0.15) is 0 Å². The van der Waals surface area contributed by atoms with Crippen molar-refractivity contribution in [2.24, 2.45) is 11.3 Å². The van der Waals surface area contributed by atoms with Crippen molar-refractivity contribution in [2.75, 3.05) is 0 Å². The molecule has 0 aliphatic heterocycles. The Morgan fingerprint density at radius 3 is 2.00 bits per heavy atom. The number of rotatable bonds is 4. The van der Waals surface area contributed by atoms with Gasteiger partial charge >= 0.3 is 0 Å². The summed E-state index contributed by atoms with van der Waals surface area (Å²) in [5.74, 6) is 6.27. The molecule has 1 aliphatic carbocycles. The minimum Gasteiger partial charge on any atom is -0.271 e. The van der Waals surface area contributed by atoms with Crippen molar-refractivity contribution < 1.29 is 0 Å². The third kappa shape index (κ3) is 2.13. The quantitative estimate of drug-likeness (QED) is 0.602. The van der Waals surface area contributed by atoms with E-state index in [1.54, 1.807) is 0 Å².